The summed E-state index contributed by atoms with van der Waals surface area (Å²) in [6.45, 7) is 9.49. The van der Waals surface area contributed by atoms with Gasteiger partial charge >= 0.3 is 0 Å². The van der Waals surface area contributed by atoms with E-state index in [0.717, 1.165) is 38.3 Å². The molecule has 2 heterocycles. The van der Waals surface area contributed by atoms with E-state index in [1.807, 2.05) is 26.0 Å². The lowest BCUT2D eigenvalue weighted by molar-refractivity contribution is -0.124. The summed E-state index contributed by atoms with van der Waals surface area (Å²) >= 11 is 0. The van der Waals surface area contributed by atoms with E-state index in [4.69, 9.17) is 4.42 Å². The van der Waals surface area contributed by atoms with Crippen molar-refractivity contribution in [1.29, 1.82) is 0 Å². The molecule has 0 bridgehead atoms. The predicted octanol–water partition coefficient (Wildman–Crippen LogP) is 2.10. The minimum absolute atomic E-state index is 0.0486. The summed E-state index contributed by atoms with van der Waals surface area (Å²) in [6.07, 6.45) is 1.44. The van der Waals surface area contributed by atoms with Crippen LogP contribution in [0.15, 0.2) is 47.1 Å². The van der Waals surface area contributed by atoms with Crippen LogP contribution < -0.4 is 10.6 Å². The van der Waals surface area contributed by atoms with Crippen molar-refractivity contribution >= 4 is 11.8 Å². The quantitative estimate of drug-likeness (QED) is 0.694. The number of carbonyl (C=O) groups excluding carboxylic acids is 2. The third-order valence-corrected chi connectivity index (χ3v) is 5.44. The molecule has 0 aliphatic carbocycles. The van der Waals surface area contributed by atoms with Crippen LogP contribution in [0, 0.1) is 5.92 Å². The Bertz CT molecular complexity index is 827. The summed E-state index contributed by atoms with van der Waals surface area (Å²) < 4.78 is 5.12. The minimum atomic E-state index is -0.629. The van der Waals surface area contributed by atoms with Gasteiger partial charge in [0.05, 0.1) is 6.26 Å². The average Bonchev–Trinajstić information content (AvgIpc) is 3.27. The number of benzene rings is 1. The number of hydrogen-bond donors (Lipinski definition) is 2. The summed E-state index contributed by atoms with van der Waals surface area (Å²) in [5.74, 6) is -0.435. The monoisotopic (exact) mass is 412 g/mol. The van der Waals surface area contributed by atoms with Crippen molar-refractivity contribution in [2.45, 2.75) is 33.0 Å². The van der Waals surface area contributed by atoms with Crippen molar-refractivity contribution in [1.82, 2.24) is 20.4 Å². The molecule has 7 heteroatoms. The van der Waals surface area contributed by atoms with Crippen LogP contribution in [0.2, 0.25) is 0 Å². The summed E-state index contributed by atoms with van der Waals surface area (Å²) in [6, 6.07) is 10.9. The normalized spacial score (nSPS) is 16.4. The first-order valence-corrected chi connectivity index (χ1v) is 10.5. The molecule has 1 aliphatic heterocycles. The molecule has 1 saturated heterocycles. The van der Waals surface area contributed by atoms with Crippen LogP contribution in [0.25, 0.3) is 0 Å². The molecule has 0 saturated carbocycles. The molecule has 1 unspecified atom stereocenters. The number of amides is 2. The molecule has 0 radical (unpaired) electrons. The fourth-order valence-corrected chi connectivity index (χ4v) is 3.56. The van der Waals surface area contributed by atoms with Gasteiger partial charge in [-0.05, 0) is 36.2 Å². The van der Waals surface area contributed by atoms with Gasteiger partial charge in [0.15, 0.2) is 5.76 Å². The second kappa shape index (κ2) is 10.4. The highest BCUT2D eigenvalue weighted by atomic mass is 16.3. The Hall–Kier alpha value is -2.64. The van der Waals surface area contributed by atoms with Gasteiger partial charge in [-0.15, -0.1) is 0 Å². The molecule has 2 amide bonds. The zero-order chi connectivity index (χ0) is 21.5. The Morgan fingerprint density at radius 1 is 1.07 bits per heavy atom. The van der Waals surface area contributed by atoms with Crippen LogP contribution in [0.1, 0.15) is 35.5 Å². The van der Waals surface area contributed by atoms with Gasteiger partial charge in [0, 0.05) is 39.3 Å². The van der Waals surface area contributed by atoms with Crippen LogP contribution >= 0.6 is 0 Å². The molecule has 2 aromatic rings. The third-order valence-electron chi connectivity index (χ3n) is 5.44. The van der Waals surface area contributed by atoms with Gasteiger partial charge in [-0.3, -0.25) is 14.5 Å². The molecule has 1 atom stereocenters. The molecule has 0 spiro atoms. The molecule has 1 aliphatic rings. The lowest BCUT2D eigenvalue weighted by atomic mass is 10.0. The number of piperazine rings is 1. The molecule has 1 aromatic carbocycles. The van der Waals surface area contributed by atoms with Crippen molar-refractivity contribution in [2.24, 2.45) is 5.92 Å². The van der Waals surface area contributed by atoms with Crippen molar-refractivity contribution in [2.75, 3.05) is 33.2 Å². The standard InChI is InChI=1S/C23H32N4O3/c1-17(2)21(25-22(28)20-8-5-13-30-20)23(29)24-15-18-6-4-7-19(14-18)16-27-11-9-26(3)10-12-27/h4-8,13-14,17,21H,9-12,15-16H2,1-3H3,(H,24,29)(H,25,28). The van der Waals surface area contributed by atoms with Gasteiger partial charge in [-0.25, -0.2) is 0 Å². The largest absolute Gasteiger partial charge is 0.459 e. The zero-order valence-corrected chi connectivity index (χ0v) is 18.1. The van der Waals surface area contributed by atoms with Gasteiger partial charge in [0.1, 0.15) is 6.04 Å². The molecular weight excluding hydrogens is 380 g/mol. The second-order valence-corrected chi connectivity index (χ2v) is 8.29. The van der Waals surface area contributed by atoms with Crippen LogP contribution in [0.4, 0.5) is 0 Å². The van der Waals surface area contributed by atoms with Crippen molar-refractivity contribution in [3.8, 4) is 0 Å². The summed E-state index contributed by atoms with van der Waals surface area (Å²) in [5.41, 5.74) is 2.30. The van der Waals surface area contributed by atoms with E-state index < -0.39 is 6.04 Å². The van der Waals surface area contributed by atoms with E-state index in [0.29, 0.717) is 6.54 Å². The van der Waals surface area contributed by atoms with E-state index in [1.165, 1.54) is 11.8 Å². The number of rotatable bonds is 8. The SMILES string of the molecule is CC(C)C(NC(=O)c1ccco1)C(=O)NCc1cccc(CN2CCN(C)CC2)c1. The van der Waals surface area contributed by atoms with E-state index in [1.54, 1.807) is 12.1 Å². The summed E-state index contributed by atoms with van der Waals surface area (Å²) in [5, 5.41) is 5.73. The van der Waals surface area contributed by atoms with Gasteiger partial charge in [-0.1, -0.05) is 38.1 Å². The molecule has 30 heavy (non-hydrogen) atoms. The number of likely N-dealkylation sites (N-methyl/N-ethyl adjacent to an activating group) is 1. The maximum Gasteiger partial charge on any atom is 0.287 e. The summed E-state index contributed by atoms with van der Waals surface area (Å²) in [7, 11) is 2.15. The van der Waals surface area contributed by atoms with E-state index in [2.05, 4.69) is 39.6 Å². The lowest BCUT2D eigenvalue weighted by Gasteiger charge is -2.32. The smallest absolute Gasteiger partial charge is 0.287 e. The van der Waals surface area contributed by atoms with Crippen LogP contribution in [0.3, 0.4) is 0 Å². The van der Waals surface area contributed by atoms with Crippen molar-refractivity contribution < 1.29 is 14.0 Å². The fraction of sp³-hybridized carbons (Fsp3) is 0.478. The molecule has 2 N–H and O–H groups in total. The maximum atomic E-state index is 12.7. The van der Waals surface area contributed by atoms with Crippen molar-refractivity contribution in [3.63, 3.8) is 0 Å². The van der Waals surface area contributed by atoms with Gasteiger partial charge in [0.25, 0.3) is 5.91 Å². The summed E-state index contributed by atoms with van der Waals surface area (Å²) in [4.78, 5) is 29.8. The number of furan rings is 1. The molecule has 7 nitrogen and oxygen atoms in total. The van der Waals surface area contributed by atoms with Gasteiger partial charge in [0.2, 0.25) is 5.91 Å². The third kappa shape index (κ3) is 6.18. The Labute approximate surface area is 178 Å². The first-order chi connectivity index (χ1) is 14.4. The fourth-order valence-electron chi connectivity index (χ4n) is 3.56. The van der Waals surface area contributed by atoms with Crippen LogP contribution in [-0.4, -0.2) is 60.9 Å². The molecule has 1 aromatic heterocycles. The molecule has 162 valence electrons. The van der Waals surface area contributed by atoms with E-state index in [-0.39, 0.29) is 23.5 Å². The average molecular weight is 413 g/mol. The highest BCUT2D eigenvalue weighted by Crippen LogP contribution is 2.11. The number of nitrogens with zero attached hydrogens (tertiary/aromatic N) is 2. The number of carbonyl (C=O) groups is 2. The predicted molar refractivity (Wildman–Crippen MR) is 116 cm³/mol. The molecular formula is C23H32N4O3. The minimum Gasteiger partial charge on any atom is -0.459 e. The van der Waals surface area contributed by atoms with Gasteiger partial charge < -0.3 is 20.0 Å². The second-order valence-electron chi connectivity index (χ2n) is 8.29. The van der Waals surface area contributed by atoms with Gasteiger partial charge in [-0.2, -0.15) is 0 Å². The Balaban J connectivity index is 1.54. The molecule has 3 rings (SSSR count). The highest BCUT2D eigenvalue weighted by molar-refractivity contribution is 5.95. The van der Waals surface area contributed by atoms with Crippen molar-refractivity contribution in [3.05, 3.63) is 59.5 Å². The topological polar surface area (TPSA) is 77.8 Å². The first kappa shape index (κ1) is 22.1. The van der Waals surface area contributed by atoms with Crippen LogP contribution in [-0.2, 0) is 17.9 Å². The van der Waals surface area contributed by atoms with Crippen LogP contribution in [0.5, 0.6) is 0 Å². The highest BCUT2D eigenvalue weighted by Gasteiger charge is 2.25. The zero-order valence-electron chi connectivity index (χ0n) is 18.1. The lowest BCUT2D eigenvalue weighted by Crippen LogP contribution is -2.49. The maximum absolute atomic E-state index is 12.7. The Kier molecular flexibility index (Phi) is 7.65. The number of nitrogens with one attached hydrogen (secondary N) is 2. The Morgan fingerprint density at radius 2 is 1.80 bits per heavy atom. The van der Waals surface area contributed by atoms with E-state index in [9.17, 15) is 9.59 Å². The van der Waals surface area contributed by atoms with E-state index >= 15 is 0 Å². The number of hydrogen-bond acceptors (Lipinski definition) is 5. The Morgan fingerprint density at radius 3 is 2.47 bits per heavy atom. The first-order valence-electron chi connectivity index (χ1n) is 10.5. The molecule has 1 fully saturated rings.